The van der Waals surface area contributed by atoms with Crippen LogP contribution in [0.3, 0.4) is 0 Å². The van der Waals surface area contributed by atoms with Crippen molar-refractivity contribution in [3.05, 3.63) is 101 Å². The van der Waals surface area contributed by atoms with E-state index in [9.17, 15) is 9.59 Å². The number of nitrogens with zero attached hydrogens (tertiary/aromatic N) is 4. The van der Waals surface area contributed by atoms with Gasteiger partial charge in [-0.25, -0.2) is 0 Å². The summed E-state index contributed by atoms with van der Waals surface area (Å²) in [7, 11) is 6.20. The lowest BCUT2D eigenvalue weighted by Gasteiger charge is -2.38. The third-order valence-electron chi connectivity index (χ3n) is 10.5. The zero-order chi connectivity index (χ0) is 33.4. The number of benzene rings is 3. The molecule has 2 amide bonds. The summed E-state index contributed by atoms with van der Waals surface area (Å²) in [5, 5.41) is 6.02. The number of aromatic nitrogens is 2. The second-order valence-corrected chi connectivity index (χ2v) is 14.3. The van der Waals surface area contributed by atoms with Gasteiger partial charge in [0, 0.05) is 66.9 Å². The minimum Gasteiger partial charge on any atom is -0.361 e. The number of H-pyrrole nitrogens is 1. The summed E-state index contributed by atoms with van der Waals surface area (Å²) in [6.07, 6.45) is 5.47. The molecule has 250 valence electrons. The molecule has 2 aliphatic rings. The Hall–Kier alpha value is -4.40. The Morgan fingerprint density at radius 2 is 1.75 bits per heavy atom. The van der Waals surface area contributed by atoms with E-state index in [2.05, 4.69) is 95.8 Å². The minimum absolute atomic E-state index is 0.0961. The van der Waals surface area contributed by atoms with Crippen LogP contribution >= 0.6 is 0 Å². The minimum atomic E-state index is -0.369. The first-order chi connectivity index (χ1) is 23.2. The van der Waals surface area contributed by atoms with E-state index in [1.165, 1.54) is 11.1 Å². The van der Waals surface area contributed by atoms with Crippen molar-refractivity contribution >= 4 is 39.3 Å². The lowest BCUT2D eigenvalue weighted by molar-refractivity contribution is -0.121. The second-order valence-electron chi connectivity index (χ2n) is 14.3. The first-order valence-corrected chi connectivity index (χ1v) is 17.4. The summed E-state index contributed by atoms with van der Waals surface area (Å²) in [5.41, 5.74) is 7.59. The highest BCUT2D eigenvalue weighted by Crippen LogP contribution is 2.32. The molecule has 0 saturated carbocycles. The number of aryl methyl sites for hydroxylation is 2. The Balaban J connectivity index is 1.08. The second kappa shape index (κ2) is 13.6. The molecule has 0 spiro atoms. The molecule has 1 saturated heterocycles. The maximum atomic E-state index is 14.7. The standard InChI is InChI=1S/C40H48N6O2/c1-27-13-14-37-31(19-27)20-29(25-43(2)3)26-46(37)39(47)35(21-32-24-42-34-11-7-6-10-33(32)34)41-23-28-15-17-45(18-16-28)40(48)38-22-30-9-5-8-12-36(30)44(38)4/h5-14,19,22,24,28-29,35,41-42H,15-18,20-21,23,25-26H2,1-4H3/t29-,35-/m1/s1. The number of rotatable bonds is 9. The number of carbonyl (C=O) groups is 2. The number of hydrogen-bond donors (Lipinski definition) is 2. The van der Waals surface area contributed by atoms with Crippen molar-refractivity contribution in [3.8, 4) is 0 Å². The van der Waals surface area contributed by atoms with E-state index < -0.39 is 0 Å². The molecule has 0 radical (unpaired) electrons. The molecular weight excluding hydrogens is 596 g/mol. The number of fused-ring (bicyclic) bond motifs is 3. The van der Waals surface area contributed by atoms with Crippen LogP contribution in [0.5, 0.6) is 0 Å². The van der Waals surface area contributed by atoms with Gasteiger partial charge in [0.15, 0.2) is 0 Å². The Kier molecular flexibility index (Phi) is 9.12. The number of hydrogen-bond acceptors (Lipinski definition) is 4. The molecule has 1 fully saturated rings. The van der Waals surface area contributed by atoms with Crippen molar-refractivity contribution in [2.75, 3.05) is 51.7 Å². The Labute approximate surface area is 283 Å². The van der Waals surface area contributed by atoms with Crippen molar-refractivity contribution in [2.24, 2.45) is 18.9 Å². The monoisotopic (exact) mass is 644 g/mol. The predicted octanol–water partition coefficient (Wildman–Crippen LogP) is 5.79. The Morgan fingerprint density at radius 1 is 0.979 bits per heavy atom. The number of amides is 2. The highest BCUT2D eigenvalue weighted by molar-refractivity contribution is 6.00. The summed E-state index contributed by atoms with van der Waals surface area (Å²) < 4.78 is 2.01. The summed E-state index contributed by atoms with van der Waals surface area (Å²) in [6, 6.07) is 24.6. The summed E-state index contributed by atoms with van der Waals surface area (Å²) in [4.78, 5) is 38.0. The molecule has 2 atom stereocenters. The summed E-state index contributed by atoms with van der Waals surface area (Å²) in [5.74, 6) is 0.990. The maximum Gasteiger partial charge on any atom is 0.270 e. The van der Waals surface area contributed by atoms with E-state index >= 15 is 0 Å². The quantitative estimate of drug-likeness (QED) is 0.213. The predicted molar refractivity (Wildman–Crippen MR) is 195 cm³/mol. The van der Waals surface area contributed by atoms with Gasteiger partial charge in [0.1, 0.15) is 5.69 Å². The van der Waals surface area contributed by atoms with Gasteiger partial charge in [0.25, 0.3) is 5.91 Å². The van der Waals surface area contributed by atoms with Crippen LogP contribution in [-0.2, 0) is 24.7 Å². The molecule has 2 N–H and O–H groups in total. The molecule has 3 aromatic carbocycles. The molecular formula is C40H48N6O2. The van der Waals surface area contributed by atoms with Crippen molar-refractivity contribution in [1.29, 1.82) is 0 Å². The van der Waals surface area contributed by atoms with Gasteiger partial charge in [-0.05, 0) is 100 Å². The highest BCUT2D eigenvalue weighted by atomic mass is 16.2. The number of anilines is 1. The third-order valence-corrected chi connectivity index (χ3v) is 10.5. The normalized spacial score (nSPS) is 17.7. The van der Waals surface area contributed by atoms with Crippen LogP contribution < -0.4 is 10.2 Å². The molecule has 0 bridgehead atoms. The average molecular weight is 645 g/mol. The van der Waals surface area contributed by atoms with Gasteiger partial charge >= 0.3 is 0 Å². The SMILES string of the molecule is Cc1ccc2c(c1)C[C@H](CN(C)C)CN2C(=O)[C@@H](Cc1c[nH]c2ccccc12)NCC1CCN(C(=O)c2cc3ccccc3n2C)CC1. The van der Waals surface area contributed by atoms with Crippen LogP contribution in [-0.4, -0.2) is 84.0 Å². The van der Waals surface area contributed by atoms with Gasteiger partial charge < -0.3 is 29.6 Å². The van der Waals surface area contributed by atoms with Crippen LogP contribution in [0.1, 0.15) is 40.0 Å². The lowest BCUT2D eigenvalue weighted by atomic mass is 9.90. The summed E-state index contributed by atoms with van der Waals surface area (Å²) >= 11 is 0. The Bertz CT molecular complexity index is 1930. The fraction of sp³-hybridized carbons (Fsp3) is 0.400. The van der Waals surface area contributed by atoms with Crippen molar-refractivity contribution in [1.82, 2.24) is 24.7 Å². The first-order valence-electron chi connectivity index (χ1n) is 17.4. The third kappa shape index (κ3) is 6.51. The van der Waals surface area contributed by atoms with Gasteiger partial charge in [-0.3, -0.25) is 9.59 Å². The molecule has 0 unspecified atom stereocenters. The smallest absolute Gasteiger partial charge is 0.270 e. The highest BCUT2D eigenvalue weighted by Gasteiger charge is 2.34. The largest absolute Gasteiger partial charge is 0.361 e. The Morgan fingerprint density at radius 3 is 2.54 bits per heavy atom. The number of aromatic amines is 1. The number of likely N-dealkylation sites (tertiary alicyclic amines) is 1. The molecule has 8 nitrogen and oxygen atoms in total. The molecule has 5 aromatic rings. The zero-order valence-corrected chi connectivity index (χ0v) is 28.7. The maximum absolute atomic E-state index is 14.7. The molecule has 4 heterocycles. The van der Waals surface area contributed by atoms with Crippen LogP contribution in [0, 0.1) is 18.8 Å². The zero-order valence-electron chi connectivity index (χ0n) is 28.7. The van der Waals surface area contributed by atoms with Crippen molar-refractivity contribution in [2.45, 2.75) is 38.6 Å². The topological polar surface area (TPSA) is 76.6 Å². The number of carbonyl (C=O) groups excluding carboxylic acids is 2. The lowest BCUT2D eigenvalue weighted by Crippen LogP contribution is -2.53. The van der Waals surface area contributed by atoms with Crippen LogP contribution in [0.25, 0.3) is 21.8 Å². The molecule has 7 rings (SSSR count). The average Bonchev–Trinajstić information content (AvgIpc) is 3.66. The summed E-state index contributed by atoms with van der Waals surface area (Å²) in [6.45, 7) is 5.97. The van der Waals surface area contributed by atoms with Crippen LogP contribution in [0.4, 0.5) is 5.69 Å². The molecule has 0 aliphatic carbocycles. The van der Waals surface area contributed by atoms with Crippen LogP contribution in [0.2, 0.25) is 0 Å². The van der Waals surface area contributed by atoms with Crippen molar-refractivity contribution < 1.29 is 9.59 Å². The molecule has 2 aromatic heterocycles. The van der Waals surface area contributed by atoms with Gasteiger partial charge in [-0.15, -0.1) is 0 Å². The van der Waals surface area contributed by atoms with Crippen molar-refractivity contribution in [3.63, 3.8) is 0 Å². The van der Waals surface area contributed by atoms with E-state index in [4.69, 9.17) is 0 Å². The molecule has 2 aliphatic heterocycles. The number of para-hydroxylation sites is 2. The van der Waals surface area contributed by atoms with Gasteiger partial charge in [-0.2, -0.15) is 0 Å². The fourth-order valence-corrected chi connectivity index (χ4v) is 7.98. The first kappa shape index (κ1) is 32.2. The van der Waals surface area contributed by atoms with E-state index in [1.54, 1.807) is 0 Å². The number of piperidine rings is 1. The molecule has 48 heavy (non-hydrogen) atoms. The van der Waals surface area contributed by atoms with Gasteiger partial charge in [0.2, 0.25) is 5.91 Å². The number of nitrogens with one attached hydrogen (secondary N) is 2. The fourth-order valence-electron chi connectivity index (χ4n) is 7.98. The van der Waals surface area contributed by atoms with Gasteiger partial charge in [-0.1, -0.05) is 54.1 Å². The van der Waals surface area contributed by atoms with E-state index in [0.29, 0.717) is 24.8 Å². The van der Waals surface area contributed by atoms with Gasteiger partial charge in [0.05, 0.1) is 6.04 Å². The van der Waals surface area contributed by atoms with E-state index in [-0.39, 0.29) is 17.9 Å². The van der Waals surface area contributed by atoms with E-state index in [0.717, 1.165) is 84.2 Å². The van der Waals surface area contributed by atoms with Crippen LogP contribution in [0.15, 0.2) is 79.0 Å². The molecule has 8 heteroatoms. The van der Waals surface area contributed by atoms with E-state index in [1.807, 2.05) is 40.8 Å².